The summed E-state index contributed by atoms with van der Waals surface area (Å²) in [6.45, 7) is 3.46. The number of pyridine rings is 1. The Hall–Kier alpha value is -2.73. The van der Waals surface area contributed by atoms with Crippen LogP contribution < -0.4 is 10.2 Å². The fourth-order valence-electron chi connectivity index (χ4n) is 2.71. The van der Waals surface area contributed by atoms with E-state index in [9.17, 15) is 0 Å². The Morgan fingerprint density at radius 2 is 1.78 bits per heavy atom. The van der Waals surface area contributed by atoms with Crippen molar-refractivity contribution < 1.29 is 4.74 Å². The molecular formula is C17H17N5O. The van der Waals surface area contributed by atoms with E-state index in [0.29, 0.717) is 5.65 Å². The molecule has 3 aromatic rings. The van der Waals surface area contributed by atoms with Crippen molar-refractivity contribution in [2.45, 2.75) is 0 Å². The van der Waals surface area contributed by atoms with Gasteiger partial charge < -0.3 is 15.0 Å². The van der Waals surface area contributed by atoms with Crippen LogP contribution in [0.25, 0.3) is 11.0 Å². The first kappa shape index (κ1) is 13.9. The van der Waals surface area contributed by atoms with Crippen molar-refractivity contribution in [3.05, 3.63) is 48.9 Å². The highest BCUT2D eigenvalue weighted by atomic mass is 16.5. The lowest BCUT2D eigenvalue weighted by Crippen LogP contribution is -2.36. The van der Waals surface area contributed by atoms with E-state index in [4.69, 9.17) is 4.74 Å². The molecule has 0 bridgehead atoms. The number of nitrogens with zero attached hydrogens (tertiary/aromatic N) is 4. The Morgan fingerprint density at radius 1 is 0.957 bits per heavy atom. The summed E-state index contributed by atoms with van der Waals surface area (Å²) >= 11 is 0. The maximum absolute atomic E-state index is 5.39. The summed E-state index contributed by atoms with van der Waals surface area (Å²) in [5.41, 5.74) is 2.90. The maximum Gasteiger partial charge on any atom is 0.164 e. The van der Waals surface area contributed by atoms with Crippen molar-refractivity contribution >= 4 is 28.2 Å². The maximum atomic E-state index is 5.39. The smallest absolute Gasteiger partial charge is 0.164 e. The molecule has 0 atom stereocenters. The first-order chi connectivity index (χ1) is 11.4. The number of rotatable bonds is 3. The van der Waals surface area contributed by atoms with Gasteiger partial charge in [-0.15, -0.1) is 0 Å². The highest BCUT2D eigenvalue weighted by molar-refractivity contribution is 5.88. The average molecular weight is 307 g/mol. The minimum absolute atomic E-state index is 0.690. The van der Waals surface area contributed by atoms with Gasteiger partial charge in [-0.1, -0.05) is 0 Å². The van der Waals surface area contributed by atoms with Gasteiger partial charge in [-0.05, 0) is 36.4 Å². The van der Waals surface area contributed by atoms with Crippen LogP contribution in [0, 0.1) is 0 Å². The van der Waals surface area contributed by atoms with Crippen LogP contribution in [0.15, 0.2) is 48.9 Å². The summed E-state index contributed by atoms with van der Waals surface area (Å²) in [5.74, 6) is 0.766. The third-order valence-electron chi connectivity index (χ3n) is 3.91. The van der Waals surface area contributed by atoms with E-state index in [1.807, 2.05) is 12.1 Å². The summed E-state index contributed by atoms with van der Waals surface area (Å²) in [5, 5.41) is 4.25. The number of morpholine rings is 1. The van der Waals surface area contributed by atoms with Gasteiger partial charge in [-0.2, -0.15) is 0 Å². The van der Waals surface area contributed by atoms with E-state index < -0.39 is 0 Å². The van der Waals surface area contributed by atoms with Gasteiger partial charge in [0, 0.05) is 30.7 Å². The Morgan fingerprint density at radius 3 is 2.61 bits per heavy atom. The fraction of sp³-hybridized carbons (Fsp3) is 0.235. The lowest BCUT2D eigenvalue weighted by atomic mass is 10.2. The Bertz CT molecular complexity index is 794. The molecule has 1 aromatic carbocycles. The highest BCUT2D eigenvalue weighted by Crippen LogP contribution is 2.24. The molecule has 0 aliphatic carbocycles. The van der Waals surface area contributed by atoms with Gasteiger partial charge in [0.1, 0.15) is 12.1 Å². The van der Waals surface area contributed by atoms with Crippen LogP contribution in [0.3, 0.4) is 0 Å². The number of hydrogen-bond donors (Lipinski definition) is 1. The molecule has 116 valence electrons. The zero-order valence-electron chi connectivity index (χ0n) is 12.6. The Kier molecular flexibility index (Phi) is 3.73. The van der Waals surface area contributed by atoms with E-state index in [-0.39, 0.29) is 0 Å². The number of fused-ring (bicyclic) bond motifs is 1. The molecule has 0 unspecified atom stereocenters. The fourth-order valence-corrected chi connectivity index (χ4v) is 2.71. The van der Waals surface area contributed by atoms with Gasteiger partial charge in [0.2, 0.25) is 0 Å². The van der Waals surface area contributed by atoms with E-state index in [2.05, 4.69) is 49.4 Å². The molecule has 6 nitrogen and oxygen atoms in total. The van der Waals surface area contributed by atoms with Gasteiger partial charge in [0.15, 0.2) is 5.65 Å². The number of aromatic nitrogens is 3. The molecule has 0 spiro atoms. The van der Waals surface area contributed by atoms with Gasteiger partial charge >= 0.3 is 0 Å². The lowest BCUT2D eigenvalue weighted by molar-refractivity contribution is 0.122. The molecule has 0 amide bonds. The highest BCUT2D eigenvalue weighted by Gasteiger charge is 2.11. The third-order valence-corrected chi connectivity index (χ3v) is 3.91. The molecule has 3 heterocycles. The number of ether oxygens (including phenoxy) is 1. The van der Waals surface area contributed by atoms with Crippen LogP contribution in [-0.2, 0) is 4.74 Å². The number of hydrogen-bond acceptors (Lipinski definition) is 6. The summed E-state index contributed by atoms with van der Waals surface area (Å²) < 4.78 is 5.39. The van der Waals surface area contributed by atoms with Crippen LogP contribution in [-0.4, -0.2) is 41.3 Å². The average Bonchev–Trinajstić information content (AvgIpc) is 2.63. The zero-order valence-corrected chi connectivity index (χ0v) is 12.6. The summed E-state index contributed by atoms with van der Waals surface area (Å²) in [6.07, 6.45) is 3.26. The molecular weight excluding hydrogens is 290 g/mol. The Balaban J connectivity index is 1.56. The summed E-state index contributed by atoms with van der Waals surface area (Å²) in [6, 6.07) is 12.2. The largest absolute Gasteiger partial charge is 0.378 e. The third kappa shape index (κ3) is 2.93. The predicted molar refractivity (Wildman–Crippen MR) is 90.1 cm³/mol. The first-order valence-corrected chi connectivity index (χ1v) is 7.66. The Labute approximate surface area is 134 Å². The van der Waals surface area contributed by atoms with Crippen molar-refractivity contribution in [3.8, 4) is 0 Å². The zero-order chi connectivity index (χ0) is 15.5. The summed E-state index contributed by atoms with van der Waals surface area (Å²) in [4.78, 5) is 15.1. The second kappa shape index (κ2) is 6.18. The molecule has 4 rings (SSSR count). The molecule has 1 saturated heterocycles. The normalized spacial score (nSPS) is 14.9. The predicted octanol–water partition coefficient (Wildman–Crippen LogP) is 2.61. The van der Waals surface area contributed by atoms with E-state index in [1.54, 1.807) is 6.20 Å². The monoisotopic (exact) mass is 307 g/mol. The molecule has 0 saturated carbocycles. The van der Waals surface area contributed by atoms with Gasteiger partial charge in [0.25, 0.3) is 0 Å². The van der Waals surface area contributed by atoms with Gasteiger partial charge in [-0.25, -0.2) is 15.0 Å². The standard InChI is InChI=1S/C17H17N5O/c1-2-15-16(18-7-1)19-12-20-17(15)21-13-3-5-14(6-4-13)22-8-10-23-11-9-22/h1-7,12H,8-11H2,(H,18,19,20,21). The van der Waals surface area contributed by atoms with Crippen LogP contribution in [0.2, 0.25) is 0 Å². The van der Waals surface area contributed by atoms with Crippen LogP contribution in [0.1, 0.15) is 0 Å². The SMILES string of the molecule is c1cnc2ncnc(Nc3ccc(N4CCOCC4)cc3)c2c1. The van der Waals surface area contributed by atoms with E-state index >= 15 is 0 Å². The summed E-state index contributed by atoms with van der Waals surface area (Å²) in [7, 11) is 0. The quantitative estimate of drug-likeness (QED) is 0.802. The van der Waals surface area contributed by atoms with Crippen LogP contribution in [0.4, 0.5) is 17.2 Å². The number of benzene rings is 1. The lowest BCUT2D eigenvalue weighted by Gasteiger charge is -2.28. The molecule has 1 aliphatic heterocycles. The van der Waals surface area contributed by atoms with E-state index in [1.165, 1.54) is 12.0 Å². The first-order valence-electron chi connectivity index (χ1n) is 7.66. The van der Waals surface area contributed by atoms with Gasteiger partial charge in [0.05, 0.1) is 18.6 Å². The van der Waals surface area contributed by atoms with Crippen LogP contribution >= 0.6 is 0 Å². The van der Waals surface area contributed by atoms with Crippen molar-refractivity contribution in [3.63, 3.8) is 0 Å². The molecule has 1 fully saturated rings. The van der Waals surface area contributed by atoms with Gasteiger partial charge in [-0.3, -0.25) is 0 Å². The minimum Gasteiger partial charge on any atom is -0.378 e. The second-order valence-corrected chi connectivity index (χ2v) is 5.37. The van der Waals surface area contributed by atoms with Crippen molar-refractivity contribution in [1.29, 1.82) is 0 Å². The van der Waals surface area contributed by atoms with Crippen molar-refractivity contribution in [1.82, 2.24) is 15.0 Å². The minimum atomic E-state index is 0.690. The van der Waals surface area contributed by atoms with Crippen molar-refractivity contribution in [2.75, 3.05) is 36.5 Å². The van der Waals surface area contributed by atoms with E-state index in [0.717, 1.165) is 43.2 Å². The van der Waals surface area contributed by atoms with Crippen molar-refractivity contribution in [2.24, 2.45) is 0 Å². The molecule has 6 heteroatoms. The molecule has 1 N–H and O–H groups in total. The molecule has 0 radical (unpaired) electrons. The second-order valence-electron chi connectivity index (χ2n) is 5.37. The topological polar surface area (TPSA) is 63.2 Å². The molecule has 23 heavy (non-hydrogen) atoms. The number of anilines is 3. The molecule has 1 aliphatic rings. The number of nitrogens with one attached hydrogen (secondary N) is 1. The molecule has 2 aromatic heterocycles. The van der Waals surface area contributed by atoms with Crippen LogP contribution in [0.5, 0.6) is 0 Å².